The topological polar surface area (TPSA) is 63.8 Å². The molecule has 90 valence electrons. The molecular weight excluding hydrogens is 228 g/mol. The second kappa shape index (κ2) is 4.44. The van der Waals surface area contributed by atoms with Crippen LogP contribution in [-0.4, -0.2) is 15.0 Å². The van der Waals surface area contributed by atoms with Crippen molar-refractivity contribution in [3.8, 4) is 0 Å². The number of rotatable bonds is 3. The van der Waals surface area contributed by atoms with Crippen molar-refractivity contribution in [1.82, 2.24) is 15.0 Å². The van der Waals surface area contributed by atoms with Gasteiger partial charge in [0.25, 0.3) is 0 Å². The Hall–Kier alpha value is -2.43. The zero-order valence-corrected chi connectivity index (χ0v) is 9.92. The number of nitrogens with one attached hydrogen (secondary N) is 1. The van der Waals surface area contributed by atoms with Gasteiger partial charge in [0, 0.05) is 0 Å². The van der Waals surface area contributed by atoms with Gasteiger partial charge in [0.05, 0.1) is 30.0 Å². The van der Waals surface area contributed by atoms with Gasteiger partial charge in [-0.05, 0) is 19.1 Å². The minimum Gasteiger partial charge on any atom is -0.444 e. The van der Waals surface area contributed by atoms with Crippen LogP contribution in [0.2, 0.25) is 0 Å². The van der Waals surface area contributed by atoms with Gasteiger partial charge in [-0.2, -0.15) is 0 Å². The molecule has 3 rings (SSSR count). The molecule has 18 heavy (non-hydrogen) atoms. The maximum Gasteiger partial charge on any atom is 0.213 e. The highest BCUT2D eigenvalue weighted by atomic mass is 16.4. The summed E-state index contributed by atoms with van der Waals surface area (Å²) in [5.74, 6) is 2.16. The van der Waals surface area contributed by atoms with E-state index in [9.17, 15) is 0 Å². The van der Waals surface area contributed by atoms with E-state index in [4.69, 9.17) is 4.42 Å². The van der Waals surface area contributed by atoms with Gasteiger partial charge in [-0.3, -0.25) is 4.98 Å². The van der Waals surface area contributed by atoms with Crippen molar-refractivity contribution >= 4 is 16.9 Å². The molecule has 0 unspecified atom stereocenters. The minimum absolute atomic E-state index is 0.501. The minimum atomic E-state index is 0.501. The van der Waals surface area contributed by atoms with Crippen LogP contribution < -0.4 is 5.32 Å². The number of aryl methyl sites for hydroxylation is 1. The highest BCUT2D eigenvalue weighted by Gasteiger charge is 2.02. The van der Waals surface area contributed by atoms with Crippen LogP contribution in [0.1, 0.15) is 11.7 Å². The molecule has 0 aliphatic rings. The van der Waals surface area contributed by atoms with Crippen molar-refractivity contribution in [1.29, 1.82) is 0 Å². The van der Waals surface area contributed by atoms with E-state index in [0.29, 0.717) is 18.3 Å². The molecule has 0 atom stereocenters. The standard InChI is InChI=1S/C13H12N4O/c1-9-6-16-13(18-9)8-15-12-7-14-10-4-2-3-5-11(10)17-12/h2-7H,8H2,1H3,(H,15,17). The third-order valence-corrected chi connectivity index (χ3v) is 2.54. The van der Waals surface area contributed by atoms with Gasteiger partial charge in [-0.15, -0.1) is 0 Å². The van der Waals surface area contributed by atoms with Crippen molar-refractivity contribution in [2.75, 3.05) is 5.32 Å². The van der Waals surface area contributed by atoms with Crippen LogP contribution in [0.3, 0.4) is 0 Å². The first kappa shape index (κ1) is 10.7. The molecule has 2 heterocycles. The van der Waals surface area contributed by atoms with E-state index >= 15 is 0 Å². The molecule has 0 amide bonds. The molecule has 0 saturated carbocycles. The number of fused-ring (bicyclic) bond motifs is 1. The molecule has 0 radical (unpaired) electrons. The first-order valence-corrected chi connectivity index (χ1v) is 5.68. The molecule has 0 fully saturated rings. The summed E-state index contributed by atoms with van der Waals surface area (Å²) in [7, 11) is 0. The largest absolute Gasteiger partial charge is 0.444 e. The Labute approximate surface area is 104 Å². The summed E-state index contributed by atoms with van der Waals surface area (Å²) in [6, 6.07) is 7.75. The zero-order valence-electron chi connectivity index (χ0n) is 9.92. The van der Waals surface area contributed by atoms with Crippen molar-refractivity contribution in [3.63, 3.8) is 0 Å². The molecule has 1 aromatic carbocycles. The highest BCUT2D eigenvalue weighted by Crippen LogP contribution is 2.12. The lowest BCUT2D eigenvalue weighted by molar-refractivity contribution is 0.479. The maximum absolute atomic E-state index is 5.37. The summed E-state index contributed by atoms with van der Waals surface area (Å²) in [4.78, 5) is 12.9. The predicted molar refractivity (Wildman–Crippen MR) is 68.1 cm³/mol. The smallest absolute Gasteiger partial charge is 0.213 e. The number of hydrogen-bond acceptors (Lipinski definition) is 5. The number of oxazole rings is 1. The molecule has 3 aromatic rings. The van der Waals surface area contributed by atoms with Crippen molar-refractivity contribution in [2.45, 2.75) is 13.5 Å². The monoisotopic (exact) mass is 240 g/mol. The van der Waals surface area contributed by atoms with E-state index in [2.05, 4.69) is 20.3 Å². The molecule has 1 N–H and O–H groups in total. The molecule has 2 aromatic heterocycles. The number of aromatic nitrogens is 3. The number of anilines is 1. The van der Waals surface area contributed by atoms with Gasteiger partial charge in [-0.25, -0.2) is 9.97 Å². The fourth-order valence-electron chi connectivity index (χ4n) is 1.69. The molecular formula is C13H12N4O. The summed E-state index contributed by atoms with van der Waals surface area (Å²) >= 11 is 0. The summed E-state index contributed by atoms with van der Waals surface area (Å²) in [5.41, 5.74) is 1.75. The van der Waals surface area contributed by atoms with Crippen LogP contribution in [-0.2, 0) is 6.54 Å². The number of para-hydroxylation sites is 2. The van der Waals surface area contributed by atoms with Crippen molar-refractivity contribution < 1.29 is 4.42 Å². The SMILES string of the molecule is Cc1cnc(CNc2cnc3ccccc3n2)o1. The average Bonchev–Trinajstić information content (AvgIpc) is 2.82. The second-order valence-corrected chi connectivity index (χ2v) is 3.96. The summed E-state index contributed by atoms with van der Waals surface area (Å²) in [6.07, 6.45) is 3.40. The molecule has 0 spiro atoms. The van der Waals surface area contributed by atoms with E-state index in [1.54, 1.807) is 12.4 Å². The Balaban J connectivity index is 1.78. The Morgan fingerprint density at radius 2 is 1.94 bits per heavy atom. The van der Waals surface area contributed by atoms with Crippen LogP contribution in [0, 0.1) is 6.92 Å². The Bertz CT molecular complexity index is 677. The second-order valence-electron chi connectivity index (χ2n) is 3.96. The van der Waals surface area contributed by atoms with Gasteiger partial charge < -0.3 is 9.73 Å². The zero-order chi connectivity index (χ0) is 12.4. The third kappa shape index (κ3) is 2.15. The lowest BCUT2D eigenvalue weighted by Gasteiger charge is -2.03. The van der Waals surface area contributed by atoms with E-state index in [0.717, 1.165) is 16.8 Å². The average molecular weight is 240 g/mol. The number of hydrogen-bond donors (Lipinski definition) is 1. The maximum atomic E-state index is 5.37. The van der Waals surface area contributed by atoms with Crippen LogP contribution in [0.5, 0.6) is 0 Å². The highest BCUT2D eigenvalue weighted by molar-refractivity contribution is 5.75. The van der Waals surface area contributed by atoms with Gasteiger partial charge in [0.2, 0.25) is 5.89 Å². The number of benzene rings is 1. The van der Waals surface area contributed by atoms with Gasteiger partial charge in [0.1, 0.15) is 11.6 Å². The Kier molecular flexibility index (Phi) is 2.64. The summed E-state index contributed by atoms with van der Waals surface area (Å²) in [6.45, 7) is 2.37. The van der Waals surface area contributed by atoms with E-state index in [-0.39, 0.29) is 0 Å². The van der Waals surface area contributed by atoms with Gasteiger partial charge in [-0.1, -0.05) is 12.1 Å². The third-order valence-electron chi connectivity index (χ3n) is 2.54. The Morgan fingerprint density at radius 1 is 1.11 bits per heavy atom. The fourth-order valence-corrected chi connectivity index (χ4v) is 1.69. The first-order valence-electron chi connectivity index (χ1n) is 5.68. The normalized spacial score (nSPS) is 10.7. The molecule has 0 aliphatic heterocycles. The van der Waals surface area contributed by atoms with E-state index in [1.165, 1.54) is 0 Å². The van der Waals surface area contributed by atoms with E-state index in [1.807, 2.05) is 31.2 Å². The summed E-state index contributed by atoms with van der Waals surface area (Å²) in [5, 5.41) is 3.14. The van der Waals surface area contributed by atoms with Crippen molar-refractivity contribution in [3.05, 3.63) is 48.3 Å². The van der Waals surface area contributed by atoms with E-state index < -0.39 is 0 Å². The molecule has 0 saturated heterocycles. The summed E-state index contributed by atoms with van der Waals surface area (Å²) < 4.78 is 5.37. The quantitative estimate of drug-likeness (QED) is 0.762. The predicted octanol–water partition coefficient (Wildman–Crippen LogP) is 2.54. The molecule has 5 heteroatoms. The molecule has 5 nitrogen and oxygen atoms in total. The molecule has 0 bridgehead atoms. The van der Waals surface area contributed by atoms with Gasteiger partial charge >= 0.3 is 0 Å². The van der Waals surface area contributed by atoms with Crippen LogP contribution in [0.4, 0.5) is 5.82 Å². The first-order chi connectivity index (χ1) is 8.81. The number of nitrogens with zero attached hydrogens (tertiary/aromatic N) is 3. The van der Waals surface area contributed by atoms with Crippen LogP contribution in [0.15, 0.2) is 41.1 Å². The Morgan fingerprint density at radius 3 is 2.72 bits per heavy atom. The molecule has 0 aliphatic carbocycles. The van der Waals surface area contributed by atoms with Crippen LogP contribution >= 0.6 is 0 Å². The van der Waals surface area contributed by atoms with Gasteiger partial charge in [0.15, 0.2) is 0 Å². The fraction of sp³-hybridized carbons (Fsp3) is 0.154. The lowest BCUT2D eigenvalue weighted by Crippen LogP contribution is -2.02. The lowest BCUT2D eigenvalue weighted by atomic mass is 10.3. The van der Waals surface area contributed by atoms with Crippen LogP contribution in [0.25, 0.3) is 11.0 Å². The van der Waals surface area contributed by atoms with Crippen molar-refractivity contribution in [2.24, 2.45) is 0 Å².